The molecule has 1 aromatic heterocycles. The summed E-state index contributed by atoms with van der Waals surface area (Å²) in [5.74, 6) is -0.354. The molecule has 3 heterocycles. The zero-order valence-corrected chi connectivity index (χ0v) is 22.0. The Hall–Kier alpha value is -3.73. The fraction of sp³-hybridized carbons (Fsp3) is 0.323. The van der Waals surface area contributed by atoms with Crippen molar-refractivity contribution in [2.24, 2.45) is 0 Å². The van der Waals surface area contributed by atoms with Gasteiger partial charge in [0.15, 0.2) is 6.29 Å². The summed E-state index contributed by atoms with van der Waals surface area (Å²) in [6, 6.07) is 22.6. The molecule has 2 saturated heterocycles. The number of aliphatic hydroxyl groups excluding tert-OH is 2. The summed E-state index contributed by atoms with van der Waals surface area (Å²) in [5.41, 5.74) is 4.84. The van der Waals surface area contributed by atoms with E-state index in [1.165, 1.54) is 6.20 Å². The minimum Gasteiger partial charge on any atom is -0.392 e. The van der Waals surface area contributed by atoms with E-state index >= 15 is 0 Å². The van der Waals surface area contributed by atoms with E-state index in [2.05, 4.69) is 20.2 Å². The van der Waals surface area contributed by atoms with Crippen LogP contribution in [0.15, 0.2) is 79.0 Å². The van der Waals surface area contributed by atoms with Crippen LogP contribution in [0.25, 0.3) is 11.0 Å². The van der Waals surface area contributed by atoms with Gasteiger partial charge >= 0.3 is 0 Å². The Morgan fingerprint density at radius 2 is 1.82 bits per heavy atom. The Bertz CT molecular complexity index is 1480. The Balaban J connectivity index is 1.21. The summed E-state index contributed by atoms with van der Waals surface area (Å²) in [4.78, 5) is 24.0. The quantitative estimate of drug-likeness (QED) is 0.322. The van der Waals surface area contributed by atoms with Gasteiger partial charge in [-0.05, 0) is 41.8 Å². The number of fused-ring (bicyclic) bond motifs is 1. The summed E-state index contributed by atoms with van der Waals surface area (Å²) in [6.07, 6.45) is 1.63. The summed E-state index contributed by atoms with van der Waals surface area (Å²) in [6.45, 7) is 2.15. The highest BCUT2D eigenvalue weighted by molar-refractivity contribution is 6.03. The fourth-order valence-electron chi connectivity index (χ4n) is 5.32. The molecule has 0 radical (unpaired) electrons. The predicted octanol–water partition coefficient (Wildman–Crippen LogP) is 3.99. The number of anilines is 1. The predicted molar refractivity (Wildman–Crippen MR) is 149 cm³/mol. The fourth-order valence-corrected chi connectivity index (χ4v) is 5.32. The molecule has 4 aromatic rings. The lowest BCUT2D eigenvalue weighted by molar-refractivity contribution is -0.252. The highest BCUT2D eigenvalue weighted by atomic mass is 16.7. The van der Waals surface area contributed by atoms with E-state index in [9.17, 15) is 15.0 Å². The molecule has 0 unspecified atom stereocenters. The Morgan fingerprint density at radius 1 is 1.00 bits per heavy atom. The van der Waals surface area contributed by atoms with Gasteiger partial charge in [-0.2, -0.15) is 0 Å². The molecule has 40 heavy (non-hydrogen) atoms. The first-order chi connectivity index (χ1) is 19.5. The van der Waals surface area contributed by atoms with Crippen molar-refractivity contribution in [2.45, 2.75) is 44.1 Å². The molecule has 6 rings (SSSR count). The van der Waals surface area contributed by atoms with Crippen LogP contribution in [0.3, 0.4) is 0 Å². The summed E-state index contributed by atoms with van der Waals surface area (Å²) < 4.78 is 12.9. The van der Waals surface area contributed by atoms with Crippen molar-refractivity contribution in [3.63, 3.8) is 0 Å². The number of ether oxygens (including phenoxy) is 2. The van der Waals surface area contributed by atoms with Gasteiger partial charge in [0.05, 0.1) is 42.1 Å². The van der Waals surface area contributed by atoms with Gasteiger partial charge in [-0.15, -0.1) is 0 Å². The third-order valence-electron chi connectivity index (χ3n) is 7.42. The van der Waals surface area contributed by atoms with Crippen LogP contribution in [-0.2, 0) is 16.1 Å². The molecule has 9 nitrogen and oxygen atoms in total. The number of rotatable bonds is 7. The first-order valence-corrected chi connectivity index (χ1v) is 13.6. The number of likely N-dealkylation sites (tertiary alicyclic amines) is 1. The molecule has 0 bridgehead atoms. The van der Waals surface area contributed by atoms with Gasteiger partial charge in [0.1, 0.15) is 5.69 Å². The molecule has 0 saturated carbocycles. The van der Waals surface area contributed by atoms with Gasteiger partial charge in [0.2, 0.25) is 0 Å². The third kappa shape index (κ3) is 6.04. The number of nitrogens with zero attached hydrogens (tertiary/aromatic N) is 3. The largest absolute Gasteiger partial charge is 0.392 e. The highest BCUT2D eigenvalue weighted by Crippen LogP contribution is 2.39. The van der Waals surface area contributed by atoms with E-state index in [-0.39, 0.29) is 36.5 Å². The Morgan fingerprint density at radius 3 is 2.60 bits per heavy atom. The SMILES string of the molecule is O=C(Nc1cccc([C@H]2O[C@@H](CN3CC[C@H](O)C3)C[C@@H](c3ccc(CO)cc3)O2)c1)c1cnc2ccccc2n1. The monoisotopic (exact) mass is 540 g/mol. The number of nitrogens with one attached hydrogen (secondary N) is 1. The lowest BCUT2D eigenvalue weighted by Crippen LogP contribution is -2.38. The molecule has 3 aromatic carbocycles. The van der Waals surface area contributed by atoms with E-state index in [0.717, 1.165) is 35.2 Å². The van der Waals surface area contributed by atoms with Crippen molar-refractivity contribution in [1.29, 1.82) is 0 Å². The van der Waals surface area contributed by atoms with Crippen LogP contribution in [-0.4, -0.2) is 62.8 Å². The number of hydrogen-bond donors (Lipinski definition) is 3. The van der Waals surface area contributed by atoms with Crippen molar-refractivity contribution < 1.29 is 24.5 Å². The molecule has 2 aliphatic rings. The summed E-state index contributed by atoms with van der Waals surface area (Å²) in [7, 11) is 0. The Kier molecular flexibility index (Phi) is 7.81. The molecule has 1 amide bonds. The van der Waals surface area contributed by atoms with Crippen LogP contribution in [0.4, 0.5) is 5.69 Å². The van der Waals surface area contributed by atoms with Crippen molar-refractivity contribution in [1.82, 2.24) is 14.9 Å². The number of hydrogen-bond acceptors (Lipinski definition) is 8. The third-order valence-corrected chi connectivity index (χ3v) is 7.42. The van der Waals surface area contributed by atoms with Gasteiger partial charge in [-0.3, -0.25) is 14.7 Å². The Labute approximate surface area is 232 Å². The maximum atomic E-state index is 13.0. The minimum absolute atomic E-state index is 0.0131. The normalized spacial score (nSPS) is 23.4. The van der Waals surface area contributed by atoms with Crippen molar-refractivity contribution in [2.75, 3.05) is 25.0 Å². The van der Waals surface area contributed by atoms with Gasteiger partial charge < -0.3 is 25.0 Å². The highest BCUT2D eigenvalue weighted by Gasteiger charge is 2.34. The molecule has 0 aliphatic carbocycles. The van der Waals surface area contributed by atoms with Crippen molar-refractivity contribution >= 4 is 22.6 Å². The molecule has 0 spiro atoms. The number of amides is 1. The topological polar surface area (TPSA) is 117 Å². The zero-order chi connectivity index (χ0) is 27.5. The number of benzene rings is 3. The van der Waals surface area contributed by atoms with Crippen LogP contribution >= 0.6 is 0 Å². The van der Waals surface area contributed by atoms with Gasteiger partial charge in [0.25, 0.3) is 5.91 Å². The first kappa shape index (κ1) is 26.5. The zero-order valence-electron chi connectivity index (χ0n) is 22.0. The second-order valence-corrected chi connectivity index (χ2v) is 10.4. The number of aromatic nitrogens is 2. The number of para-hydroxylation sites is 2. The van der Waals surface area contributed by atoms with Gasteiger partial charge in [-0.1, -0.05) is 48.5 Å². The number of aliphatic hydroxyl groups is 2. The van der Waals surface area contributed by atoms with Gasteiger partial charge in [0, 0.05) is 37.3 Å². The van der Waals surface area contributed by atoms with E-state index in [1.807, 2.05) is 72.8 Å². The average Bonchev–Trinajstić information content (AvgIpc) is 3.41. The van der Waals surface area contributed by atoms with Crippen LogP contribution in [0, 0.1) is 0 Å². The molecular weight excluding hydrogens is 508 g/mol. The molecule has 9 heteroatoms. The van der Waals surface area contributed by atoms with Crippen LogP contribution in [0.5, 0.6) is 0 Å². The van der Waals surface area contributed by atoms with Crippen LogP contribution < -0.4 is 5.32 Å². The van der Waals surface area contributed by atoms with Gasteiger partial charge in [-0.25, -0.2) is 4.98 Å². The van der Waals surface area contributed by atoms with Crippen LogP contribution in [0.2, 0.25) is 0 Å². The van der Waals surface area contributed by atoms with Crippen LogP contribution in [0.1, 0.15) is 52.4 Å². The number of carbonyl (C=O) groups excluding carboxylic acids is 1. The molecule has 4 atom stereocenters. The minimum atomic E-state index is -0.647. The second-order valence-electron chi connectivity index (χ2n) is 10.4. The second kappa shape index (κ2) is 11.8. The van der Waals surface area contributed by atoms with E-state index < -0.39 is 6.29 Å². The van der Waals surface area contributed by atoms with E-state index in [1.54, 1.807) is 0 Å². The van der Waals surface area contributed by atoms with Crippen molar-refractivity contribution in [3.8, 4) is 0 Å². The lowest BCUT2D eigenvalue weighted by atomic mass is 9.99. The molecule has 2 aliphatic heterocycles. The average molecular weight is 541 g/mol. The smallest absolute Gasteiger partial charge is 0.275 e. The molecule has 206 valence electrons. The maximum Gasteiger partial charge on any atom is 0.275 e. The number of β-amino-alcohol motifs (C(OH)–C–C–N with tert-alkyl or cyclic N) is 1. The summed E-state index contributed by atoms with van der Waals surface area (Å²) >= 11 is 0. The molecular formula is C31H32N4O5. The van der Waals surface area contributed by atoms with E-state index in [0.29, 0.717) is 30.7 Å². The standard InChI is InChI=1S/C31H32N4O5/c36-19-20-8-10-21(11-9-20)29-15-25(18-35-13-12-24(37)17-35)39-31(40-29)22-4-3-5-23(14-22)33-30(38)28-16-32-26-6-1-2-7-27(26)34-28/h1-11,14,16,24-25,29,31,36-37H,12-13,15,17-19H2,(H,33,38)/t24-,25+,29-,31-/m0/s1. The maximum absolute atomic E-state index is 13.0. The first-order valence-electron chi connectivity index (χ1n) is 13.6. The lowest BCUT2D eigenvalue weighted by Gasteiger charge is -2.38. The van der Waals surface area contributed by atoms with Crippen molar-refractivity contribution in [3.05, 3.63) is 101 Å². The van der Waals surface area contributed by atoms with E-state index in [4.69, 9.17) is 9.47 Å². The molecule has 3 N–H and O–H groups in total. The summed E-state index contributed by atoms with van der Waals surface area (Å²) in [5, 5.41) is 22.4. The molecule has 2 fully saturated rings. The number of carbonyl (C=O) groups is 1.